The van der Waals surface area contributed by atoms with Crippen LogP contribution in [0.2, 0.25) is 0 Å². The fourth-order valence-electron chi connectivity index (χ4n) is 3.06. The number of hydrogen-bond acceptors (Lipinski definition) is 4. The maximum atomic E-state index is 12.1. The van der Waals surface area contributed by atoms with Crippen LogP contribution in [-0.4, -0.2) is 45.9 Å². The number of nitrogens with one attached hydrogen (secondary N) is 2. The van der Waals surface area contributed by atoms with E-state index in [1.807, 2.05) is 33.9 Å². The van der Waals surface area contributed by atoms with Crippen molar-refractivity contribution < 1.29 is 9.53 Å². The Labute approximate surface area is 139 Å². The summed E-state index contributed by atoms with van der Waals surface area (Å²) in [7, 11) is 1.85. The lowest BCUT2D eigenvalue weighted by atomic mass is 9.90. The van der Waals surface area contributed by atoms with Gasteiger partial charge in [0.15, 0.2) is 0 Å². The smallest absolute Gasteiger partial charge is 0.410 e. The zero-order chi connectivity index (χ0) is 17.0. The maximum absolute atomic E-state index is 12.1. The van der Waals surface area contributed by atoms with E-state index >= 15 is 0 Å². The second-order valence-electron chi connectivity index (χ2n) is 7.50. The normalized spacial score (nSPS) is 23.3. The van der Waals surface area contributed by atoms with E-state index in [0.29, 0.717) is 6.04 Å². The molecule has 1 aromatic rings. The lowest BCUT2D eigenvalue weighted by molar-refractivity contribution is 0.0178. The third kappa shape index (κ3) is 5.23. The predicted molar refractivity (Wildman–Crippen MR) is 90.2 cm³/mol. The lowest BCUT2D eigenvalue weighted by Crippen LogP contribution is -2.45. The highest BCUT2D eigenvalue weighted by atomic mass is 16.6. The highest BCUT2D eigenvalue weighted by Crippen LogP contribution is 2.25. The Morgan fingerprint density at radius 1 is 1.39 bits per heavy atom. The number of aromatic amines is 1. The maximum Gasteiger partial charge on any atom is 0.410 e. The largest absolute Gasteiger partial charge is 0.444 e. The van der Waals surface area contributed by atoms with Gasteiger partial charge in [0.25, 0.3) is 0 Å². The number of carbonyl (C=O) groups excluding carboxylic acids is 1. The summed E-state index contributed by atoms with van der Waals surface area (Å²) in [6.45, 7) is 7.84. The summed E-state index contributed by atoms with van der Waals surface area (Å²) in [4.78, 5) is 13.9. The molecule has 0 saturated heterocycles. The highest BCUT2D eigenvalue weighted by molar-refractivity contribution is 5.68. The van der Waals surface area contributed by atoms with Crippen molar-refractivity contribution >= 4 is 6.09 Å². The van der Waals surface area contributed by atoms with Crippen LogP contribution in [0, 0.1) is 0 Å². The molecule has 1 fully saturated rings. The molecule has 2 rings (SSSR count). The van der Waals surface area contributed by atoms with Gasteiger partial charge in [-0.3, -0.25) is 5.10 Å². The van der Waals surface area contributed by atoms with Gasteiger partial charge in [0.1, 0.15) is 5.60 Å². The first-order valence-electron chi connectivity index (χ1n) is 8.47. The summed E-state index contributed by atoms with van der Waals surface area (Å²) < 4.78 is 5.45. The molecule has 0 aromatic carbocycles. The number of aromatic nitrogens is 2. The summed E-state index contributed by atoms with van der Waals surface area (Å²) in [6.07, 6.45) is 5.69. The molecular weight excluding hydrogens is 292 g/mol. The van der Waals surface area contributed by atoms with Gasteiger partial charge < -0.3 is 15.0 Å². The molecule has 0 aliphatic heterocycles. The summed E-state index contributed by atoms with van der Waals surface area (Å²) in [5.74, 6) is 0. The summed E-state index contributed by atoms with van der Waals surface area (Å²) in [5, 5.41) is 10.6. The van der Waals surface area contributed by atoms with Crippen molar-refractivity contribution in [3.05, 3.63) is 18.0 Å². The summed E-state index contributed by atoms with van der Waals surface area (Å²) in [5.41, 5.74) is 0.668. The van der Waals surface area contributed by atoms with Gasteiger partial charge in [-0.25, -0.2) is 4.79 Å². The minimum Gasteiger partial charge on any atom is -0.444 e. The molecule has 0 bridgehead atoms. The molecule has 1 aliphatic rings. The van der Waals surface area contributed by atoms with Crippen molar-refractivity contribution in [1.82, 2.24) is 20.4 Å². The van der Waals surface area contributed by atoms with Gasteiger partial charge in [-0.05, 0) is 59.4 Å². The van der Waals surface area contributed by atoms with E-state index in [2.05, 4.69) is 22.4 Å². The molecule has 6 heteroatoms. The standard InChI is InChI=1S/C17H30N4O2/c1-12(15-10-11-18-20-15)19-13-6-8-14(9-7-13)21(5)16(22)23-17(2,3)4/h10-14,19H,6-9H2,1-5H3,(H,18,20). The molecule has 0 radical (unpaired) electrons. The van der Waals surface area contributed by atoms with Crippen LogP contribution in [0.3, 0.4) is 0 Å². The van der Waals surface area contributed by atoms with Gasteiger partial charge in [-0.1, -0.05) is 0 Å². The predicted octanol–water partition coefficient (Wildman–Crippen LogP) is 3.24. The SMILES string of the molecule is CC(NC1CCC(N(C)C(=O)OC(C)(C)C)CC1)c1ccn[nH]1. The molecule has 130 valence electrons. The van der Waals surface area contributed by atoms with Crippen LogP contribution >= 0.6 is 0 Å². The van der Waals surface area contributed by atoms with Crippen molar-refractivity contribution in [2.45, 2.75) is 77.1 Å². The number of rotatable bonds is 4. The number of carbonyl (C=O) groups is 1. The Morgan fingerprint density at radius 2 is 2.04 bits per heavy atom. The third-order valence-corrected chi connectivity index (χ3v) is 4.40. The molecule has 1 unspecified atom stereocenters. The van der Waals surface area contributed by atoms with Gasteiger partial charge in [-0.2, -0.15) is 5.10 Å². The highest BCUT2D eigenvalue weighted by Gasteiger charge is 2.29. The van der Waals surface area contributed by atoms with Crippen LogP contribution in [-0.2, 0) is 4.74 Å². The number of ether oxygens (including phenoxy) is 1. The van der Waals surface area contributed by atoms with Crippen molar-refractivity contribution in [3.63, 3.8) is 0 Å². The molecular formula is C17H30N4O2. The van der Waals surface area contributed by atoms with Crippen molar-refractivity contribution in [1.29, 1.82) is 0 Å². The van der Waals surface area contributed by atoms with Gasteiger partial charge >= 0.3 is 6.09 Å². The van der Waals surface area contributed by atoms with Gasteiger partial charge in [0.2, 0.25) is 0 Å². The molecule has 0 spiro atoms. The van der Waals surface area contributed by atoms with E-state index in [4.69, 9.17) is 4.74 Å². The zero-order valence-electron chi connectivity index (χ0n) is 14.9. The second-order valence-corrected chi connectivity index (χ2v) is 7.50. The Balaban J connectivity index is 1.78. The molecule has 6 nitrogen and oxygen atoms in total. The first-order valence-corrected chi connectivity index (χ1v) is 8.47. The van der Waals surface area contributed by atoms with Crippen molar-refractivity contribution in [3.8, 4) is 0 Å². The van der Waals surface area contributed by atoms with Gasteiger partial charge in [-0.15, -0.1) is 0 Å². The van der Waals surface area contributed by atoms with Gasteiger partial charge in [0, 0.05) is 31.4 Å². The van der Waals surface area contributed by atoms with Crippen LogP contribution in [0.25, 0.3) is 0 Å². The topological polar surface area (TPSA) is 70.2 Å². The Hall–Kier alpha value is -1.56. The van der Waals surface area contributed by atoms with Crippen molar-refractivity contribution in [2.75, 3.05) is 7.05 Å². The van der Waals surface area contributed by atoms with Crippen molar-refractivity contribution in [2.24, 2.45) is 0 Å². The van der Waals surface area contributed by atoms with Crippen LogP contribution in [0.1, 0.15) is 65.1 Å². The Kier molecular flexibility index (Phi) is 5.68. The monoisotopic (exact) mass is 322 g/mol. The Bertz CT molecular complexity index is 487. The first kappa shape index (κ1) is 17.8. The third-order valence-electron chi connectivity index (χ3n) is 4.40. The lowest BCUT2D eigenvalue weighted by Gasteiger charge is -2.36. The quantitative estimate of drug-likeness (QED) is 0.893. The molecule has 2 N–H and O–H groups in total. The Morgan fingerprint density at radius 3 is 2.57 bits per heavy atom. The van der Waals surface area contributed by atoms with E-state index in [9.17, 15) is 4.79 Å². The molecule has 1 aromatic heterocycles. The second kappa shape index (κ2) is 7.34. The molecule has 1 aliphatic carbocycles. The molecule has 1 heterocycles. The first-order chi connectivity index (χ1) is 10.8. The van der Waals surface area contributed by atoms with Crippen LogP contribution < -0.4 is 5.32 Å². The average molecular weight is 322 g/mol. The number of nitrogens with zero attached hydrogens (tertiary/aromatic N) is 2. The number of hydrogen-bond donors (Lipinski definition) is 2. The zero-order valence-corrected chi connectivity index (χ0v) is 14.9. The fourth-order valence-corrected chi connectivity index (χ4v) is 3.06. The number of H-pyrrole nitrogens is 1. The van der Waals surface area contributed by atoms with E-state index < -0.39 is 5.60 Å². The minimum atomic E-state index is -0.441. The average Bonchev–Trinajstić information content (AvgIpc) is 3.00. The molecule has 1 atom stereocenters. The molecule has 23 heavy (non-hydrogen) atoms. The van der Waals surface area contributed by atoms with E-state index in [1.165, 1.54) is 0 Å². The van der Waals surface area contributed by atoms with Crippen LogP contribution in [0.5, 0.6) is 0 Å². The molecule has 1 amide bonds. The number of amides is 1. The van der Waals surface area contributed by atoms with Crippen LogP contribution in [0.15, 0.2) is 12.3 Å². The van der Waals surface area contributed by atoms with E-state index in [0.717, 1.165) is 31.4 Å². The van der Waals surface area contributed by atoms with Gasteiger partial charge in [0.05, 0.1) is 5.69 Å². The summed E-state index contributed by atoms with van der Waals surface area (Å²) in [6, 6.07) is 3.02. The van der Waals surface area contributed by atoms with E-state index in [-0.39, 0.29) is 18.2 Å². The minimum absolute atomic E-state index is 0.222. The fraction of sp³-hybridized carbons (Fsp3) is 0.765. The molecule has 1 saturated carbocycles. The summed E-state index contributed by atoms with van der Waals surface area (Å²) >= 11 is 0. The van der Waals surface area contributed by atoms with E-state index in [1.54, 1.807) is 11.1 Å². The van der Waals surface area contributed by atoms with Crippen LogP contribution in [0.4, 0.5) is 4.79 Å².